The molecule has 1 atom stereocenters. The SMILES string of the molecule is O=C(c1ccccc1)c1ccc(S(=O)(=O)CC(CCCN2C(=O)c3ccccc3C2=O)C(=O)NO)cc1. The number of hydroxylamine groups is 1. The summed E-state index contributed by atoms with van der Waals surface area (Å²) in [5, 5.41) is 9.14. The summed E-state index contributed by atoms with van der Waals surface area (Å²) in [6.07, 6.45) is 0.160. The molecule has 0 aliphatic carbocycles. The molecule has 0 spiro atoms. The third-order valence-electron chi connectivity index (χ3n) is 6.23. The molecule has 9 nitrogen and oxygen atoms in total. The van der Waals surface area contributed by atoms with Crippen LogP contribution in [-0.2, 0) is 14.6 Å². The molecular formula is C27H24N2O7S. The number of fused-ring (bicyclic) bond motifs is 1. The van der Waals surface area contributed by atoms with Crippen LogP contribution in [0.25, 0.3) is 0 Å². The lowest BCUT2D eigenvalue weighted by atomic mass is 10.0. The minimum Gasteiger partial charge on any atom is -0.289 e. The minimum atomic E-state index is -3.97. The van der Waals surface area contributed by atoms with Crippen molar-refractivity contribution in [1.29, 1.82) is 0 Å². The number of carbonyl (C=O) groups is 4. The molecule has 10 heteroatoms. The van der Waals surface area contributed by atoms with Crippen LogP contribution >= 0.6 is 0 Å². The van der Waals surface area contributed by atoms with E-state index in [1.807, 2.05) is 0 Å². The molecule has 0 bridgehead atoms. The Kier molecular flexibility index (Phi) is 7.61. The van der Waals surface area contributed by atoms with E-state index in [0.29, 0.717) is 22.3 Å². The third kappa shape index (κ3) is 5.50. The smallest absolute Gasteiger partial charge is 0.261 e. The first-order valence-electron chi connectivity index (χ1n) is 11.5. The number of hydrogen-bond acceptors (Lipinski definition) is 7. The summed E-state index contributed by atoms with van der Waals surface area (Å²) in [7, 11) is -3.97. The van der Waals surface area contributed by atoms with E-state index in [-0.39, 0.29) is 30.1 Å². The largest absolute Gasteiger partial charge is 0.289 e. The molecule has 0 fully saturated rings. The van der Waals surface area contributed by atoms with E-state index in [9.17, 15) is 27.6 Å². The molecule has 1 unspecified atom stereocenters. The first-order chi connectivity index (χ1) is 17.7. The molecule has 37 heavy (non-hydrogen) atoms. The van der Waals surface area contributed by atoms with Crippen LogP contribution in [0.1, 0.15) is 49.5 Å². The molecule has 3 aromatic rings. The van der Waals surface area contributed by atoms with Crippen molar-refractivity contribution in [3.63, 3.8) is 0 Å². The van der Waals surface area contributed by atoms with Gasteiger partial charge < -0.3 is 0 Å². The summed E-state index contributed by atoms with van der Waals surface area (Å²) in [6, 6.07) is 20.4. The molecule has 3 amide bonds. The Morgan fingerprint density at radius 3 is 1.92 bits per heavy atom. The molecule has 190 valence electrons. The van der Waals surface area contributed by atoms with Gasteiger partial charge in [-0.1, -0.05) is 42.5 Å². The lowest BCUT2D eigenvalue weighted by Crippen LogP contribution is -2.35. The standard InChI is InChI=1S/C27H24N2O7S/c30-24(18-7-2-1-3-8-18)19-12-14-21(15-13-19)37(35,36)17-20(25(31)28-34)9-6-16-29-26(32)22-10-4-5-11-23(22)27(29)33/h1-5,7-8,10-15,20,34H,6,9,16-17H2,(H,28,31). The van der Waals surface area contributed by atoms with E-state index in [1.54, 1.807) is 54.6 Å². The number of ketones is 1. The molecule has 1 heterocycles. The number of rotatable bonds is 10. The van der Waals surface area contributed by atoms with Gasteiger partial charge in [-0.25, -0.2) is 13.9 Å². The van der Waals surface area contributed by atoms with E-state index in [2.05, 4.69) is 0 Å². The number of imide groups is 1. The highest BCUT2D eigenvalue weighted by molar-refractivity contribution is 7.91. The molecule has 1 aliphatic rings. The number of sulfone groups is 1. The highest BCUT2D eigenvalue weighted by Crippen LogP contribution is 2.24. The van der Waals surface area contributed by atoms with Crippen molar-refractivity contribution < 1.29 is 32.8 Å². The molecule has 3 aromatic carbocycles. The zero-order chi connectivity index (χ0) is 26.6. The number of nitrogens with zero attached hydrogens (tertiary/aromatic N) is 1. The van der Waals surface area contributed by atoms with Crippen LogP contribution in [0.3, 0.4) is 0 Å². The van der Waals surface area contributed by atoms with Crippen LogP contribution < -0.4 is 5.48 Å². The highest BCUT2D eigenvalue weighted by Gasteiger charge is 2.35. The topological polar surface area (TPSA) is 138 Å². The lowest BCUT2D eigenvalue weighted by Gasteiger charge is -2.18. The second-order valence-corrected chi connectivity index (χ2v) is 10.7. The quantitative estimate of drug-likeness (QED) is 0.181. The Labute approximate surface area is 213 Å². The van der Waals surface area contributed by atoms with Crippen LogP contribution in [0.5, 0.6) is 0 Å². The monoisotopic (exact) mass is 520 g/mol. The van der Waals surface area contributed by atoms with Gasteiger partial charge in [-0.3, -0.25) is 29.3 Å². The maximum atomic E-state index is 13.0. The van der Waals surface area contributed by atoms with E-state index in [0.717, 1.165) is 4.90 Å². The molecule has 2 N–H and O–H groups in total. The molecule has 0 saturated carbocycles. The third-order valence-corrected chi connectivity index (χ3v) is 8.06. The zero-order valence-electron chi connectivity index (χ0n) is 19.7. The van der Waals surface area contributed by atoms with Crippen molar-refractivity contribution >= 4 is 33.3 Å². The predicted molar refractivity (Wildman–Crippen MR) is 133 cm³/mol. The van der Waals surface area contributed by atoms with Gasteiger partial charge in [-0.2, -0.15) is 0 Å². The number of hydrogen-bond donors (Lipinski definition) is 2. The van der Waals surface area contributed by atoms with Crippen molar-refractivity contribution in [1.82, 2.24) is 10.4 Å². The average Bonchev–Trinajstić information content (AvgIpc) is 3.17. The summed E-state index contributed by atoms with van der Waals surface area (Å²) in [5.74, 6) is -3.76. The van der Waals surface area contributed by atoms with Crippen LogP contribution in [0, 0.1) is 5.92 Å². The van der Waals surface area contributed by atoms with E-state index in [4.69, 9.17) is 5.21 Å². The Bertz CT molecular complexity index is 1420. The Morgan fingerprint density at radius 2 is 1.35 bits per heavy atom. The number of carbonyl (C=O) groups excluding carboxylic acids is 4. The van der Waals surface area contributed by atoms with Crippen molar-refractivity contribution in [2.75, 3.05) is 12.3 Å². The number of amides is 3. The molecule has 0 radical (unpaired) electrons. The van der Waals surface area contributed by atoms with Crippen LogP contribution in [0.15, 0.2) is 83.8 Å². The second kappa shape index (κ2) is 10.9. The average molecular weight is 521 g/mol. The van der Waals surface area contributed by atoms with Gasteiger partial charge in [-0.15, -0.1) is 0 Å². The number of benzene rings is 3. The van der Waals surface area contributed by atoms with Crippen LogP contribution in [0.4, 0.5) is 0 Å². The van der Waals surface area contributed by atoms with E-state index >= 15 is 0 Å². The fourth-order valence-corrected chi connectivity index (χ4v) is 5.84. The first kappa shape index (κ1) is 25.9. The number of nitrogens with one attached hydrogen (secondary N) is 1. The van der Waals surface area contributed by atoms with Crippen LogP contribution in [-0.4, -0.2) is 54.3 Å². The predicted octanol–water partition coefficient (Wildman–Crippen LogP) is 2.89. The Hall–Kier alpha value is -4.15. The van der Waals surface area contributed by atoms with Crippen LogP contribution in [0.2, 0.25) is 0 Å². The summed E-state index contributed by atoms with van der Waals surface area (Å²) in [6.45, 7) is -0.00209. The van der Waals surface area contributed by atoms with Gasteiger partial charge in [0.25, 0.3) is 11.8 Å². The fourth-order valence-electron chi connectivity index (χ4n) is 4.25. The molecule has 0 saturated heterocycles. The minimum absolute atomic E-state index is 0.00209. The molecule has 4 rings (SSSR count). The van der Waals surface area contributed by atoms with Gasteiger partial charge >= 0.3 is 0 Å². The van der Waals surface area contributed by atoms with Crippen molar-refractivity contribution in [2.45, 2.75) is 17.7 Å². The van der Waals surface area contributed by atoms with E-state index < -0.39 is 39.2 Å². The zero-order valence-corrected chi connectivity index (χ0v) is 20.5. The lowest BCUT2D eigenvalue weighted by molar-refractivity contribution is -0.132. The Balaban J connectivity index is 1.42. The fraction of sp³-hybridized carbons (Fsp3) is 0.185. The van der Waals surface area contributed by atoms with Gasteiger partial charge in [0.1, 0.15) is 0 Å². The molecule has 1 aliphatic heterocycles. The summed E-state index contributed by atoms with van der Waals surface area (Å²) in [4.78, 5) is 50.8. The maximum Gasteiger partial charge on any atom is 0.261 e. The molecule has 0 aromatic heterocycles. The normalized spacial score (nSPS) is 13.8. The first-order valence-corrected chi connectivity index (χ1v) is 13.2. The van der Waals surface area contributed by atoms with Gasteiger partial charge in [0.15, 0.2) is 15.6 Å². The van der Waals surface area contributed by atoms with Crippen molar-refractivity contribution in [3.8, 4) is 0 Å². The highest BCUT2D eigenvalue weighted by atomic mass is 32.2. The van der Waals surface area contributed by atoms with Gasteiger partial charge in [-0.05, 0) is 49.2 Å². The van der Waals surface area contributed by atoms with Crippen molar-refractivity contribution in [3.05, 3.63) is 101 Å². The Morgan fingerprint density at radius 1 is 0.811 bits per heavy atom. The van der Waals surface area contributed by atoms with E-state index in [1.165, 1.54) is 29.7 Å². The molecular weight excluding hydrogens is 496 g/mol. The van der Waals surface area contributed by atoms with Gasteiger partial charge in [0.2, 0.25) is 5.91 Å². The summed E-state index contributed by atoms with van der Waals surface area (Å²) < 4.78 is 26.0. The second-order valence-electron chi connectivity index (χ2n) is 8.62. The maximum absolute atomic E-state index is 13.0. The van der Waals surface area contributed by atoms with Gasteiger partial charge in [0, 0.05) is 17.7 Å². The summed E-state index contributed by atoms with van der Waals surface area (Å²) in [5.41, 5.74) is 2.88. The van der Waals surface area contributed by atoms with Gasteiger partial charge in [0.05, 0.1) is 27.7 Å². The van der Waals surface area contributed by atoms with Crippen molar-refractivity contribution in [2.24, 2.45) is 5.92 Å². The summed E-state index contributed by atoms with van der Waals surface area (Å²) >= 11 is 0.